The third-order valence-corrected chi connectivity index (χ3v) is 4.25. The van der Waals surface area contributed by atoms with E-state index in [1.165, 1.54) is 25.8 Å². The highest BCUT2D eigenvalue weighted by Gasteiger charge is 2.36. The first-order chi connectivity index (χ1) is 7.83. The van der Waals surface area contributed by atoms with Crippen LogP contribution in [-0.2, 0) is 0 Å². The fourth-order valence-corrected chi connectivity index (χ4v) is 3.42. The monoisotopic (exact) mass is 221 g/mol. The Kier molecular flexibility index (Phi) is 3.01. The molecule has 3 rings (SSSR count). The average molecular weight is 221 g/mol. The predicted octanol–water partition coefficient (Wildman–Crippen LogP) is 0.840. The van der Waals surface area contributed by atoms with E-state index in [0.717, 1.165) is 19.0 Å². The fraction of sp³-hybridized carbons (Fsp3) is 0.846. The van der Waals surface area contributed by atoms with Gasteiger partial charge in [0.1, 0.15) is 0 Å². The minimum atomic E-state index is 0.580. The van der Waals surface area contributed by atoms with Crippen LogP contribution in [0, 0.1) is 11.8 Å². The first-order valence-electron chi connectivity index (χ1n) is 6.73. The molecule has 90 valence electrons. The van der Waals surface area contributed by atoms with Crippen molar-refractivity contribution in [1.29, 1.82) is 0 Å². The Balaban J connectivity index is 1.68. The van der Waals surface area contributed by atoms with E-state index in [2.05, 4.69) is 29.0 Å². The van der Waals surface area contributed by atoms with Crippen molar-refractivity contribution in [3.05, 3.63) is 11.6 Å². The molecule has 4 atom stereocenters. The topological polar surface area (TPSA) is 36.1 Å². The molecule has 0 radical (unpaired) electrons. The smallest absolute Gasteiger partial charge is 0.0606 e. The van der Waals surface area contributed by atoms with Crippen LogP contribution in [0.5, 0.6) is 0 Å². The van der Waals surface area contributed by atoms with E-state index in [1.807, 2.05) is 0 Å². The van der Waals surface area contributed by atoms with Crippen LogP contribution < -0.4 is 16.0 Å². The van der Waals surface area contributed by atoms with Crippen LogP contribution in [0.4, 0.5) is 0 Å². The van der Waals surface area contributed by atoms with E-state index < -0.39 is 0 Å². The summed E-state index contributed by atoms with van der Waals surface area (Å²) in [5.41, 5.74) is 1.59. The van der Waals surface area contributed by atoms with Crippen LogP contribution >= 0.6 is 0 Å². The number of hydrogen-bond donors (Lipinski definition) is 3. The van der Waals surface area contributed by atoms with Crippen molar-refractivity contribution in [2.24, 2.45) is 11.8 Å². The third kappa shape index (κ3) is 2.04. The summed E-state index contributed by atoms with van der Waals surface area (Å²) in [6.07, 6.45) is 7.14. The molecule has 3 heterocycles. The van der Waals surface area contributed by atoms with Crippen molar-refractivity contribution in [3.8, 4) is 0 Å². The van der Waals surface area contributed by atoms with Crippen LogP contribution in [0.1, 0.15) is 26.2 Å². The molecule has 0 aromatic heterocycles. The molecular formula is C13H23N3. The summed E-state index contributed by atoms with van der Waals surface area (Å²) in [5, 5.41) is 10.9. The van der Waals surface area contributed by atoms with Crippen LogP contribution in [0.25, 0.3) is 0 Å². The lowest BCUT2D eigenvalue weighted by Gasteiger charge is -2.26. The van der Waals surface area contributed by atoms with Crippen LogP contribution in [0.15, 0.2) is 11.6 Å². The molecule has 0 amide bonds. The van der Waals surface area contributed by atoms with E-state index >= 15 is 0 Å². The van der Waals surface area contributed by atoms with Gasteiger partial charge in [0.15, 0.2) is 0 Å². The summed E-state index contributed by atoms with van der Waals surface area (Å²) in [6, 6.07) is 0.621. The summed E-state index contributed by atoms with van der Waals surface area (Å²) in [6.45, 7) is 5.71. The van der Waals surface area contributed by atoms with Crippen molar-refractivity contribution in [3.63, 3.8) is 0 Å². The van der Waals surface area contributed by atoms with E-state index in [0.29, 0.717) is 18.1 Å². The summed E-state index contributed by atoms with van der Waals surface area (Å²) in [4.78, 5) is 0. The van der Waals surface area contributed by atoms with Crippen LogP contribution in [0.2, 0.25) is 0 Å². The summed E-state index contributed by atoms with van der Waals surface area (Å²) in [5.74, 6) is 1.55. The Bertz CT molecular complexity index is 273. The second-order valence-electron chi connectivity index (χ2n) is 5.64. The highest BCUT2D eigenvalue weighted by atomic mass is 15.2. The Morgan fingerprint density at radius 3 is 3.12 bits per heavy atom. The third-order valence-electron chi connectivity index (χ3n) is 4.25. The molecule has 0 bridgehead atoms. The molecule has 3 nitrogen and oxygen atoms in total. The molecule has 3 heteroatoms. The molecule has 0 spiro atoms. The van der Waals surface area contributed by atoms with Gasteiger partial charge in [-0.25, -0.2) is 0 Å². The molecule has 3 N–H and O–H groups in total. The Morgan fingerprint density at radius 1 is 1.38 bits per heavy atom. The van der Waals surface area contributed by atoms with E-state index in [4.69, 9.17) is 0 Å². The first kappa shape index (κ1) is 10.8. The van der Waals surface area contributed by atoms with Crippen molar-refractivity contribution >= 4 is 0 Å². The van der Waals surface area contributed by atoms with Gasteiger partial charge in [-0.2, -0.15) is 0 Å². The van der Waals surface area contributed by atoms with E-state index in [-0.39, 0.29) is 0 Å². The van der Waals surface area contributed by atoms with Crippen molar-refractivity contribution in [2.45, 2.75) is 38.4 Å². The molecule has 16 heavy (non-hydrogen) atoms. The van der Waals surface area contributed by atoms with Gasteiger partial charge in [0.05, 0.1) is 6.17 Å². The zero-order chi connectivity index (χ0) is 11.0. The quantitative estimate of drug-likeness (QED) is 0.574. The van der Waals surface area contributed by atoms with E-state index in [1.54, 1.807) is 5.57 Å². The van der Waals surface area contributed by atoms with E-state index in [9.17, 15) is 0 Å². The number of fused-ring (bicyclic) bond motifs is 1. The average Bonchev–Trinajstić information content (AvgIpc) is 2.72. The maximum Gasteiger partial charge on any atom is 0.0606 e. The standard InChI is InChI=1S/C13H23N3/c1-9-5-11(8-14-7-9)12-6-10-3-2-4-15-13(10)16-12/h5,9-10,12-16H,2-4,6-8H2,1H3/t9-,10?,12?,13?/m0/s1. The van der Waals surface area contributed by atoms with Gasteiger partial charge in [0, 0.05) is 19.1 Å². The lowest BCUT2D eigenvalue weighted by molar-refractivity contribution is 0.300. The summed E-state index contributed by atoms with van der Waals surface area (Å²) >= 11 is 0. The molecule has 0 aliphatic carbocycles. The lowest BCUT2D eigenvalue weighted by atomic mass is 9.91. The Morgan fingerprint density at radius 2 is 2.31 bits per heavy atom. The van der Waals surface area contributed by atoms with Gasteiger partial charge in [0.25, 0.3) is 0 Å². The maximum atomic E-state index is 3.76. The van der Waals surface area contributed by atoms with Gasteiger partial charge in [-0.05, 0) is 43.2 Å². The largest absolute Gasteiger partial charge is 0.312 e. The van der Waals surface area contributed by atoms with Crippen LogP contribution in [-0.4, -0.2) is 31.8 Å². The van der Waals surface area contributed by atoms with Crippen molar-refractivity contribution in [2.75, 3.05) is 19.6 Å². The maximum absolute atomic E-state index is 3.76. The molecule has 0 saturated carbocycles. The summed E-state index contributed by atoms with van der Waals surface area (Å²) < 4.78 is 0. The summed E-state index contributed by atoms with van der Waals surface area (Å²) in [7, 11) is 0. The van der Waals surface area contributed by atoms with Gasteiger partial charge in [-0.1, -0.05) is 13.0 Å². The molecule has 3 unspecified atom stereocenters. The van der Waals surface area contributed by atoms with Crippen LogP contribution in [0.3, 0.4) is 0 Å². The van der Waals surface area contributed by atoms with Crippen molar-refractivity contribution < 1.29 is 0 Å². The predicted molar refractivity (Wildman–Crippen MR) is 66.2 cm³/mol. The highest BCUT2D eigenvalue weighted by molar-refractivity contribution is 5.19. The fourth-order valence-electron chi connectivity index (χ4n) is 3.42. The molecular weight excluding hydrogens is 198 g/mol. The normalized spacial score (nSPS) is 43.9. The Labute approximate surface area is 98.1 Å². The van der Waals surface area contributed by atoms with Gasteiger partial charge in [-0.3, -0.25) is 5.32 Å². The van der Waals surface area contributed by atoms with Gasteiger partial charge < -0.3 is 10.6 Å². The molecule has 2 fully saturated rings. The SMILES string of the molecule is C[C@H]1C=C(C2CC3CCCNC3N2)CNC1. The lowest BCUT2D eigenvalue weighted by Crippen LogP contribution is -2.47. The second kappa shape index (κ2) is 4.47. The molecule has 0 aromatic carbocycles. The number of rotatable bonds is 1. The van der Waals surface area contributed by atoms with Gasteiger partial charge >= 0.3 is 0 Å². The minimum Gasteiger partial charge on any atom is -0.312 e. The Hall–Kier alpha value is -0.380. The molecule has 3 aliphatic rings. The van der Waals surface area contributed by atoms with Gasteiger partial charge in [-0.15, -0.1) is 0 Å². The molecule has 3 aliphatic heterocycles. The first-order valence-corrected chi connectivity index (χ1v) is 6.73. The zero-order valence-electron chi connectivity index (χ0n) is 10.1. The molecule has 2 saturated heterocycles. The number of hydrogen-bond acceptors (Lipinski definition) is 3. The molecule has 0 aromatic rings. The minimum absolute atomic E-state index is 0.580. The second-order valence-corrected chi connectivity index (χ2v) is 5.64. The number of nitrogens with one attached hydrogen (secondary N) is 3. The number of piperidine rings is 1. The van der Waals surface area contributed by atoms with Crippen molar-refractivity contribution in [1.82, 2.24) is 16.0 Å². The van der Waals surface area contributed by atoms with Gasteiger partial charge in [0.2, 0.25) is 0 Å². The highest BCUT2D eigenvalue weighted by Crippen LogP contribution is 2.30. The zero-order valence-corrected chi connectivity index (χ0v) is 10.1.